The van der Waals surface area contributed by atoms with Crippen LogP contribution in [0, 0.1) is 0 Å². The van der Waals surface area contributed by atoms with Crippen molar-refractivity contribution in [2.75, 3.05) is 26.7 Å². The summed E-state index contributed by atoms with van der Waals surface area (Å²) in [5, 5.41) is 0. The standard InChI is InChI=1S/C16H23N3O/c1-18-11-5-3-7-16(18)8-12-19(13-9-16)15(20)14-6-2-4-10-17-14/h2,4,6,10H,3,5,7-9,11-13H2,1H3. The third-order valence-electron chi connectivity index (χ3n) is 5.06. The molecule has 3 rings (SSSR count). The zero-order valence-electron chi connectivity index (χ0n) is 12.2. The van der Waals surface area contributed by atoms with E-state index in [1.165, 1.54) is 25.8 Å². The summed E-state index contributed by atoms with van der Waals surface area (Å²) in [5.74, 6) is 0.0823. The zero-order valence-corrected chi connectivity index (χ0v) is 12.2. The van der Waals surface area contributed by atoms with Gasteiger partial charge in [0.1, 0.15) is 5.69 Å². The van der Waals surface area contributed by atoms with Crippen molar-refractivity contribution in [2.24, 2.45) is 0 Å². The van der Waals surface area contributed by atoms with Crippen LogP contribution < -0.4 is 0 Å². The number of pyridine rings is 1. The summed E-state index contributed by atoms with van der Waals surface area (Å²) in [6.07, 6.45) is 7.82. The number of likely N-dealkylation sites (tertiary alicyclic amines) is 2. The van der Waals surface area contributed by atoms with Crippen molar-refractivity contribution < 1.29 is 4.79 Å². The molecule has 0 saturated carbocycles. The van der Waals surface area contributed by atoms with Crippen LogP contribution in [-0.2, 0) is 0 Å². The van der Waals surface area contributed by atoms with E-state index in [1.807, 2.05) is 17.0 Å². The van der Waals surface area contributed by atoms with Gasteiger partial charge >= 0.3 is 0 Å². The normalized spacial score (nSPS) is 22.9. The van der Waals surface area contributed by atoms with E-state index in [9.17, 15) is 4.79 Å². The molecule has 0 bridgehead atoms. The monoisotopic (exact) mass is 273 g/mol. The molecule has 0 radical (unpaired) electrons. The van der Waals surface area contributed by atoms with E-state index in [0.29, 0.717) is 11.2 Å². The highest BCUT2D eigenvalue weighted by Gasteiger charge is 2.40. The van der Waals surface area contributed by atoms with Gasteiger partial charge in [0, 0.05) is 24.8 Å². The van der Waals surface area contributed by atoms with Crippen LogP contribution >= 0.6 is 0 Å². The number of aromatic nitrogens is 1. The van der Waals surface area contributed by atoms with Gasteiger partial charge in [0.25, 0.3) is 5.91 Å². The van der Waals surface area contributed by atoms with E-state index in [4.69, 9.17) is 0 Å². The average molecular weight is 273 g/mol. The van der Waals surface area contributed by atoms with Gasteiger partial charge in [0.15, 0.2) is 0 Å². The number of piperidine rings is 2. The summed E-state index contributed by atoms with van der Waals surface area (Å²) in [6, 6.07) is 5.53. The van der Waals surface area contributed by atoms with E-state index in [0.717, 1.165) is 25.9 Å². The molecule has 2 aliphatic heterocycles. The van der Waals surface area contributed by atoms with Gasteiger partial charge in [-0.05, 0) is 51.4 Å². The summed E-state index contributed by atoms with van der Waals surface area (Å²) < 4.78 is 0. The van der Waals surface area contributed by atoms with Crippen LogP contribution in [0.15, 0.2) is 24.4 Å². The van der Waals surface area contributed by atoms with Crippen molar-refractivity contribution in [1.82, 2.24) is 14.8 Å². The summed E-state index contributed by atoms with van der Waals surface area (Å²) in [6.45, 7) is 2.92. The van der Waals surface area contributed by atoms with Gasteiger partial charge in [-0.2, -0.15) is 0 Å². The minimum atomic E-state index is 0.0823. The summed E-state index contributed by atoms with van der Waals surface area (Å²) in [7, 11) is 2.25. The van der Waals surface area contributed by atoms with Crippen LogP contribution in [0.5, 0.6) is 0 Å². The van der Waals surface area contributed by atoms with Crippen LogP contribution in [0.4, 0.5) is 0 Å². The SMILES string of the molecule is CN1CCCCC12CCN(C(=O)c1ccccn1)CC2. The predicted molar refractivity (Wildman–Crippen MR) is 78.6 cm³/mol. The first kappa shape index (κ1) is 13.6. The van der Waals surface area contributed by atoms with Crippen molar-refractivity contribution in [1.29, 1.82) is 0 Å². The highest BCUT2D eigenvalue weighted by molar-refractivity contribution is 5.92. The Hall–Kier alpha value is -1.42. The fourth-order valence-electron chi connectivity index (χ4n) is 3.64. The topological polar surface area (TPSA) is 36.4 Å². The third-order valence-corrected chi connectivity index (χ3v) is 5.06. The molecule has 3 heterocycles. The molecule has 4 nitrogen and oxygen atoms in total. The van der Waals surface area contributed by atoms with Gasteiger partial charge in [-0.1, -0.05) is 12.5 Å². The summed E-state index contributed by atoms with van der Waals surface area (Å²) in [5.41, 5.74) is 0.916. The average Bonchev–Trinajstić information content (AvgIpc) is 2.51. The first-order chi connectivity index (χ1) is 9.71. The van der Waals surface area contributed by atoms with Crippen LogP contribution in [0.3, 0.4) is 0 Å². The van der Waals surface area contributed by atoms with Gasteiger partial charge < -0.3 is 9.80 Å². The highest BCUT2D eigenvalue weighted by atomic mass is 16.2. The van der Waals surface area contributed by atoms with E-state index in [-0.39, 0.29) is 5.91 Å². The molecule has 1 spiro atoms. The largest absolute Gasteiger partial charge is 0.337 e. The minimum Gasteiger partial charge on any atom is -0.337 e. The van der Waals surface area contributed by atoms with Crippen molar-refractivity contribution in [3.63, 3.8) is 0 Å². The summed E-state index contributed by atoms with van der Waals surface area (Å²) in [4.78, 5) is 21.1. The van der Waals surface area contributed by atoms with Crippen LogP contribution in [-0.4, -0.2) is 52.9 Å². The number of hydrogen-bond donors (Lipinski definition) is 0. The van der Waals surface area contributed by atoms with Gasteiger partial charge in [0.05, 0.1) is 0 Å². The van der Waals surface area contributed by atoms with Crippen molar-refractivity contribution in [3.8, 4) is 0 Å². The second-order valence-corrected chi connectivity index (χ2v) is 6.11. The Morgan fingerprint density at radius 3 is 2.60 bits per heavy atom. The number of carbonyl (C=O) groups excluding carboxylic acids is 1. The van der Waals surface area contributed by atoms with Gasteiger partial charge in [-0.15, -0.1) is 0 Å². The lowest BCUT2D eigenvalue weighted by molar-refractivity contribution is 0.0109. The maximum absolute atomic E-state index is 12.4. The molecule has 20 heavy (non-hydrogen) atoms. The second kappa shape index (κ2) is 5.52. The molecule has 0 unspecified atom stereocenters. The Morgan fingerprint density at radius 1 is 1.15 bits per heavy atom. The second-order valence-electron chi connectivity index (χ2n) is 6.11. The van der Waals surface area contributed by atoms with Crippen molar-refractivity contribution in [2.45, 2.75) is 37.6 Å². The highest BCUT2D eigenvalue weighted by Crippen LogP contribution is 2.36. The lowest BCUT2D eigenvalue weighted by Crippen LogP contribution is -2.56. The van der Waals surface area contributed by atoms with Gasteiger partial charge in [-0.25, -0.2) is 0 Å². The third kappa shape index (κ3) is 2.44. The van der Waals surface area contributed by atoms with Crippen LogP contribution in [0.25, 0.3) is 0 Å². The lowest BCUT2D eigenvalue weighted by Gasteiger charge is -2.50. The predicted octanol–water partition coefficient (Wildman–Crippen LogP) is 2.17. The molecule has 1 aromatic heterocycles. The minimum absolute atomic E-state index is 0.0823. The number of rotatable bonds is 1. The molecule has 108 valence electrons. The maximum atomic E-state index is 12.4. The number of carbonyl (C=O) groups is 1. The maximum Gasteiger partial charge on any atom is 0.272 e. The molecular weight excluding hydrogens is 250 g/mol. The smallest absolute Gasteiger partial charge is 0.272 e. The van der Waals surface area contributed by atoms with Gasteiger partial charge in [0.2, 0.25) is 0 Å². The van der Waals surface area contributed by atoms with E-state index < -0.39 is 0 Å². The molecule has 0 aromatic carbocycles. The fourth-order valence-corrected chi connectivity index (χ4v) is 3.64. The van der Waals surface area contributed by atoms with Crippen LogP contribution in [0.1, 0.15) is 42.6 Å². The molecule has 0 atom stereocenters. The van der Waals surface area contributed by atoms with Crippen molar-refractivity contribution >= 4 is 5.91 Å². The Balaban J connectivity index is 1.65. The molecule has 1 aromatic rings. The fraction of sp³-hybridized carbons (Fsp3) is 0.625. The molecule has 2 saturated heterocycles. The summed E-state index contributed by atoms with van der Waals surface area (Å²) >= 11 is 0. The lowest BCUT2D eigenvalue weighted by atomic mass is 9.79. The molecule has 2 fully saturated rings. The van der Waals surface area contributed by atoms with E-state index in [1.54, 1.807) is 12.3 Å². The van der Waals surface area contributed by atoms with E-state index in [2.05, 4.69) is 16.9 Å². The first-order valence-electron chi connectivity index (χ1n) is 7.63. The number of amides is 1. The Labute approximate surface area is 120 Å². The quantitative estimate of drug-likeness (QED) is 0.787. The van der Waals surface area contributed by atoms with E-state index >= 15 is 0 Å². The molecular formula is C16H23N3O. The number of nitrogens with zero attached hydrogens (tertiary/aromatic N) is 3. The Morgan fingerprint density at radius 2 is 1.95 bits per heavy atom. The molecule has 1 amide bonds. The molecule has 0 N–H and O–H groups in total. The van der Waals surface area contributed by atoms with Gasteiger partial charge in [-0.3, -0.25) is 9.78 Å². The van der Waals surface area contributed by atoms with Crippen molar-refractivity contribution in [3.05, 3.63) is 30.1 Å². The Bertz CT molecular complexity index is 466. The molecule has 4 heteroatoms. The van der Waals surface area contributed by atoms with Crippen LogP contribution in [0.2, 0.25) is 0 Å². The zero-order chi connectivity index (χ0) is 14.0. The Kier molecular flexibility index (Phi) is 3.74. The molecule has 0 aliphatic carbocycles. The first-order valence-corrected chi connectivity index (χ1v) is 7.63. The number of hydrogen-bond acceptors (Lipinski definition) is 3. The molecule has 2 aliphatic rings.